The van der Waals surface area contributed by atoms with Gasteiger partial charge in [0.05, 0.1) is 0 Å². The molecule has 0 N–H and O–H groups in total. The van der Waals surface area contributed by atoms with E-state index in [1.807, 2.05) is 0 Å². The molecule has 1 nitrogen and oxygen atoms in total. The second-order valence-electron chi connectivity index (χ2n) is 9.22. The van der Waals surface area contributed by atoms with Crippen LogP contribution in [0.3, 0.4) is 0 Å². The fourth-order valence-corrected chi connectivity index (χ4v) is 7.37. The smallest absolute Gasteiger partial charge is 0.0106 e. The molecule has 3 rings (SSSR count). The molecule has 0 aromatic heterocycles. The quantitative estimate of drug-likeness (QED) is 0.447. The maximum atomic E-state index is 2.88. The second-order valence-corrected chi connectivity index (χ2v) is 10.8. The lowest BCUT2D eigenvalue weighted by Crippen LogP contribution is -2.45. The van der Waals surface area contributed by atoms with Crippen molar-refractivity contribution in [3.05, 3.63) is 0 Å². The van der Waals surface area contributed by atoms with Gasteiger partial charge in [0.25, 0.3) is 0 Å². The van der Waals surface area contributed by atoms with Crippen LogP contribution >= 0.6 is 11.8 Å². The maximum Gasteiger partial charge on any atom is 0.0106 e. The zero-order valence-corrected chi connectivity index (χ0v) is 17.7. The van der Waals surface area contributed by atoms with Gasteiger partial charge in [-0.3, -0.25) is 0 Å². The van der Waals surface area contributed by atoms with Crippen LogP contribution in [0.4, 0.5) is 0 Å². The Hall–Kier alpha value is 0.310. The molecule has 0 aromatic rings. The molecule has 1 saturated heterocycles. The third kappa shape index (κ3) is 6.76. The van der Waals surface area contributed by atoms with Gasteiger partial charge < -0.3 is 4.90 Å². The van der Waals surface area contributed by atoms with E-state index in [2.05, 4.69) is 23.7 Å². The van der Waals surface area contributed by atoms with Gasteiger partial charge in [-0.05, 0) is 45.6 Å². The molecule has 0 spiro atoms. The van der Waals surface area contributed by atoms with Crippen molar-refractivity contribution in [1.29, 1.82) is 0 Å². The highest BCUT2D eigenvalue weighted by Crippen LogP contribution is 2.39. The van der Waals surface area contributed by atoms with Crippen molar-refractivity contribution < 1.29 is 0 Å². The van der Waals surface area contributed by atoms with Crippen LogP contribution in [0.25, 0.3) is 0 Å². The molecule has 2 aliphatic carbocycles. The summed E-state index contributed by atoms with van der Waals surface area (Å²) in [5.74, 6) is 0. The van der Waals surface area contributed by atoms with Crippen LogP contribution in [0.15, 0.2) is 0 Å². The monoisotopic (exact) mass is 365 g/mol. The Kier molecular flexibility index (Phi) is 9.00. The molecule has 146 valence electrons. The highest BCUT2D eigenvalue weighted by Gasteiger charge is 2.32. The first-order valence-corrected chi connectivity index (χ1v) is 12.6. The summed E-state index contributed by atoms with van der Waals surface area (Å²) in [7, 11) is 2.50. The molecule has 2 saturated carbocycles. The molecule has 1 aliphatic heterocycles. The summed E-state index contributed by atoms with van der Waals surface area (Å²) >= 11 is 2.44. The Morgan fingerprint density at radius 1 is 0.520 bits per heavy atom. The van der Waals surface area contributed by atoms with E-state index in [9.17, 15) is 0 Å². The van der Waals surface area contributed by atoms with Crippen molar-refractivity contribution in [2.45, 2.75) is 138 Å². The van der Waals surface area contributed by atoms with Crippen molar-refractivity contribution in [3.8, 4) is 0 Å². The highest BCUT2D eigenvalue weighted by molar-refractivity contribution is 8.00. The van der Waals surface area contributed by atoms with Gasteiger partial charge in [0.2, 0.25) is 0 Å². The van der Waals surface area contributed by atoms with E-state index < -0.39 is 0 Å². The van der Waals surface area contributed by atoms with Crippen LogP contribution in [0.2, 0.25) is 0 Å². The lowest BCUT2D eigenvalue weighted by atomic mass is 9.95. The third-order valence-electron chi connectivity index (χ3n) is 7.23. The first-order chi connectivity index (χ1) is 12.3. The first kappa shape index (κ1) is 20.1. The second kappa shape index (κ2) is 11.2. The van der Waals surface area contributed by atoms with E-state index in [1.54, 1.807) is 0 Å². The van der Waals surface area contributed by atoms with Crippen LogP contribution in [0.5, 0.6) is 0 Å². The summed E-state index contributed by atoms with van der Waals surface area (Å²) in [6.07, 6.45) is 26.7. The van der Waals surface area contributed by atoms with E-state index in [-0.39, 0.29) is 0 Å². The average Bonchev–Trinajstić information content (AvgIpc) is 2.69. The molecular weight excluding hydrogens is 322 g/mol. The molecule has 4 atom stereocenters. The molecule has 25 heavy (non-hydrogen) atoms. The van der Waals surface area contributed by atoms with Crippen LogP contribution in [0.1, 0.15) is 116 Å². The van der Waals surface area contributed by atoms with Crippen LogP contribution < -0.4 is 0 Å². The molecule has 0 aromatic carbocycles. The Bertz CT molecular complexity index is 326. The standard InChI is InChI=1S/C23H43NS/c1-24-20-14-10-6-2-4-8-12-16-22(18-20)25-23-17-13-9-5-3-7-11-15-21(24)19-23/h20-23H,2-19H2,1H3. The van der Waals surface area contributed by atoms with E-state index in [0.717, 1.165) is 22.6 Å². The fourth-order valence-electron chi connectivity index (χ4n) is 5.55. The van der Waals surface area contributed by atoms with E-state index >= 15 is 0 Å². The van der Waals surface area contributed by atoms with Gasteiger partial charge in [-0.2, -0.15) is 11.8 Å². The van der Waals surface area contributed by atoms with Crippen molar-refractivity contribution in [2.75, 3.05) is 7.05 Å². The molecule has 1 heterocycles. The molecule has 3 fully saturated rings. The molecule has 2 heteroatoms. The third-order valence-corrected chi connectivity index (χ3v) is 8.86. The van der Waals surface area contributed by atoms with Crippen molar-refractivity contribution in [3.63, 3.8) is 0 Å². The lowest BCUT2D eigenvalue weighted by Gasteiger charge is -2.42. The minimum atomic E-state index is 0.867. The maximum absolute atomic E-state index is 2.88. The van der Waals surface area contributed by atoms with Gasteiger partial charge >= 0.3 is 0 Å². The lowest BCUT2D eigenvalue weighted by molar-refractivity contribution is 0.131. The fraction of sp³-hybridized carbons (Fsp3) is 1.00. The topological polar surface area (TPSA) is 3.24 Å². The highest BCUT2D eigenvalue weighted by atomic mass is 32.2. The largest absolute Gasteiger partial charge is 0.300 e. The van der Waals surface area contributed by atoms with Gasteiger partial charge in [0.1, 0.15) is 0 Å². The van der Waals surface area contributed by atoms with Crippen molar-refractivity contribution in [2.24, 2.45) is 0 Å². The van der Waals surface area contributed by atoms with Crippen LogP contribution in [0, 0.1) is 0 Å². The minimum absolute atomic E-state index is 0.867. The summed E-state index contributed by atoms with van der Waals surface area (Å²) in [5, 5.41) is 1.89. The first-order valence-electron chi connectivity index (χ1n) is 11.7. The number of rotatable bonds is 0. The summed E-state index contributed by atoms with van der Waals surface area (Å²) in [4.78, 5) is 2.88. The Balaban J connectivity index is 1.72. The van der Waals surface area contributed by atoms with Crippen LogP contribution in [-0.2, 0) is 0 Å². The van der Waals surface area contributed by atoms with Crippen molar-refractivity contribution in [1.82, 2.24) is 4.90 Å². The molecule has 3 aliphatic rings. The normalized spacial score (nSPS) is 37.8. The molecule has 0 radical (unpaired) electrons. The van der Waals surface area contributed by atoms with Gasteiger partial charge in [-0.1, -0.05) is 77.0 Å². The molecular formula is C23H43NS. The molecule has 0 amide bonds. The average molecular weight is 366 g/mol. The Labute approximate surface area is 162 Å². The summed E-state index contributed by atoms with van der Waals surface area (Å²) in [5.41, 5.74) is 0. The summed E-state index contributed by atoms with van der Waals surface area (Å²) < 4.78 is 0. The number of hydrogen-bond acceptors (Lipinski definition) is 2. The zero-order chi connectivity index (χ0) is 17.3. The summed E-state index contributed by atoms with van der Waals surface area (Å²) in [6, 6.07) is 1.73. The van der Waals surface area contributed by atoms with Gasteiger partial charge in [-0.15, -0.1) is 0 Å². The van der Waals surface area contributed by atoms with Crippen molar-refractivity contribution >= 4 is 11.8 Å². The van der Waals surface area contributed by atoms with E-state index in [1.165, 1.54) is 116 Å². The van der Waals surface area contributed by atoms with Gasteiger partial charge in [0.15, 0.2) is 0 Å². The van der Waals surface area contributed by atoms with E-state index in [0.29, 0.717) is 0 Å². The van der Waals surface area contributed by atoms with Gasteiger partial charge in [0, 0.05) is 22.6 Å². The minimum Gasteiger partial charge on any atom is -0.300 e. The Morgan fingerprint density at radius 2 is 0.880 bits per heavy atom. The predicted molar refractivity (Wildman–Crippen MR) is 114 cm³/mol. The summed E-state index contributed by atoms with van der Waals surface area (Å²) in [6.45, 7) is 0. The van der Waals surface area contributed by atoms with E-state index in [4.69, 9.17) is 0 Å². The molecule has 4 unspecified atom stereocenters. The van der Waals surface area contributed by atoms with Gasteiger partial charge in [-0.25, -0.2) is 0 Å². The number of thioether (sulfide) groups is 1. The molecule has 4 bridgehead atoms. The number of fused-ring (bicyclic) bond motifs is 4. The Morgan fingerprint density at radius 3 is 1.32 bits per heavy atom. The number of hydrogen-bond donors (Lipinski definition) is 0. The predicted octanol–water partition coefficient (Wildman–Crippen LogP) is 7.19. The number of nitrogens with zero attached hydrogens (tertiary/aromatic N) is 1. The van der Waals surface area contributed by atoms with Crippen LogP contribution in [-0.4, -0.2) is 34.5 Å². The zero-order valence-electron chi connectivity index (χ0n) is 16.9. The SMILES string of the molecule is CN1C2CCCCCCCCC(C2)SC2CCCCCCCCC1C2.